The van der Waals surface area contributed by atoms with Crippen LogP contribution in [0.5, 0.6) is 0 Å². The van der Waals surface area contributed by atoms with Crippen molar-refractivity contribution >= 4 is 45.1 Å². The molecule has 2 aromatic carbocycles. The van der Waals surface area contributed by atoms with Crippen molar-refractivity contribution in [1.82, 2.24) is 9.21 Å². The molecule has 0 N–H and O–H groups in total. The Kier molecular flexibility index (Phi) is 9.01. The molecule has 212 valence electrons. The Hall–Kier alpha value is -2.13. The lowest BCUT2D eigenvalue weighted by Crippen LogP contribution is -2.58. The van der Waals surface area contributed by atoms with Gasteiger partial charge in [-0.05, 0) is 61.1 Å². The Balaban J connectivity index is 1.86. The number of ether oxygens (including phenoxy) is 1. The van der Waals surface area contributed by atoms with E-state index in [0.717, 1.165) is 11.1 Å². The van der Waals surface area contributed by atoms with Gasteiger partial charge in [-0.15, -0.1) is 0 Å². The van der Waals surface area contributed by atoms with Gasteiger partial charge in [0.1, 0.15) is 0 Å². The Morgan fingerprint density at radius 2 is 1.79 bits per heavy atom. The molecule has 4 rings (SSSR count). The highest BCUT2D eigenvalue weighted by Gasteiger charge is 2.53. The van der Waals surface area contributed by atoms with Gasteiger partial charge in [-0.25, -0.2) is 12.7 Å². The Labute approximate surface area is 241 Å². The Morgan fingerprint density at radius 1 is 1.13 bits per heavy atom. The summed E-state index contributed by atoms with van der Waals surface area (Å²) in [6.07, 6.45) is 2.14. The summed E-state index contributed by atoms with van der Waals surface area (Å²) in [7, 11) is -0.550. The average molecular weight is 596 g/mol. The van der Waals surface area contributed by atoms with E-state index in [4.69, 9.17) is 27.9 Å². The third kappa shape index (κ3) is 6.29. The van der Waals surface area contributed by atoms with Gasteiger partial charge in [0, 0.05) is 35.6 Å². The summed E-state index contributed by atoms with van der Waals surface area (Å²) in [5.74, 6) is -0.895. The van der Waals surface area contributed by atoms with Gasteiger partial charge in [-0.1, -0.05) is 61.3 Å². The first-order valence-electron chi connectivity index (χ1n) is 13.3. The number of carbonyl (C=O) groups is 2. The zero-order valence-electron chi connectivity index (χ0n) is 22.8. The maximum Gasteiger partial charge on any atom is 0.306 e. The molecule has 10 heteroatoms. The van der Waals surface area contributed by atoms with Crippen molar-refractivity contribution in [3.8, 4) is 0 Å². The van der Waals surface area contributed by atoms with E-state index in [1.807, 2.05) is 42.2 Å². The van der Waals surface area contributed by atoms with Crippen molar-refractivity contribution in [2.45, 2.75) is 69.2 Å². The van der Waals surface area contributed by atoms with Gasteiger partial charge in [-0.2, -0.15) is 0 Å². The summed E-state index contributed by atoms with van der Waals surface area (Å²) in [4.78, 5) is 28.8. The molecule has 7 nitrogen and oxygen atoms in total. The first-order chi connectivity index (χ1) is 18.4. The molecule has 0 radical (unpaired) electrons. The summed E-state index contributed by atoms with van der Waals surface area (Å²) in [5.41, 5.74) is 0.749. The van der Waals surface area contributed by atoms with Gasteiger partial charge in [0.25, 0.3) is 0 Å². The van der Waals surface area contributed by atoms with E-state index in [2.05, 4.69) is 0 Å². The highest BCUT2D eigenvalue weighted by Crippen LogP contribution is 2.52. The lowest BCUT2D eigenvalue weighted by molar-refractivity contribution is -0.161. The van der Waals surface area contributed by atoms with E-state index in [1.54, 1.807) is 32.2 Å². The van der Waals surface area contributed by atoms with Crippen molar-refractivity contribution in [3.05, 3.63) is 69.7 Å². The zero-order chi connectivity index (χ0) is 28.5. The molecule has 1 aliphatic heterocycles. The van der Waals surface area contributed by atoms with Crippen molar-refractivity contribution in [2.75, 3.05) is 20.7 Å². The number of methoxy groups -OCH3 is 1. The van der Waals surface area contributed by atoms with Crippen LogP contribution in [0, 0.1) is 5.41 Å². The summed E-state index contributed by atoms with van der Waals surface area (Å²) >= 11 is 12.7. The third-order valence-corrected chi connectivity index (χ3v) is 10.9. The maximum absolute atomic E-state index is 14.5. The van der Waals surface area contributed by atoms with Gasteiger partial charge in [0.05, 0.1) is 30.2 Å². The summed E-state index contributed by atoms with van der Waals surface area (Å²) in [6, 6.07) is 14.1. The number of amides is 1. The monoisotopic (exact) mass is 594 g/mol. The molecular formula is C29H36Cl2N2O5S. The molecule has 1 heterocycles. The van der Waals surface area contributed by atoms with Gasteiger partial charge < -0.3 is 9.64 Å². The molecule has 1 saturated carbocycles. The van der Waals surface area contributed by atoms with Gasteiger partial charge >= 0.3 is 5.97 Å². The van der Waals surface area contributed by atoms with Crippen LogP contribution >= 0.6 is 23.2 Å². The van der Waals surface area contributed by atoms with E-state index >= 15 is 0 Å². The van der Waals surface area contributed by atoms with Crippen LogP contribution < -0.4 is 0 Å². The largest absolute Gasteiger partial charge is 0.469 e. The topological polar surface area (TPSA) is 84.0 Å². The predicted molar refractivity (Wildman–Crippen MR) is 153 cm³/mol. The molecule has 0 spiro atoms. The molecule has 2 aliphatic rings. The fraction of sp³-hybridized carbons (Fsp3) is 0.517. The van der Waals surface area contributed by atoms with Gasteiger partial charge in [0.15, 0.2) is 0 Å². The van der Waals surface area contributed by atoms with Crippen LogP contribution in [-0.2, 0) is 24.3 Å². The first kappa shape index (κ1) is 29.8. The van der Waals surface area contributed by atoms with Crippen molar-refractivity contribution in [2.24, 2.45) is 5.41 Å². The van der Waals surface area contributed by atoms with Crippen LogP contribution in [0.1, 0.15) is 69.0 Å². The average Bonchev–Trinajstić information content (AvgIpc) is 3.75. The second kappa shape index (κ2) is 11.8. The summed E-state index contributed by atoms with van der Waals surface area (Å²) < 4.78 is 32.5. The second-order valence-electron chi connectivity index (χ2n) is 11.0. The predicted octanol–water partition coefficient (Wildman–Crippen LogP) is 5.82. The summed E-state index contributed by atoms with van der Waals surface area (Å²) in [5, 5.41) is 0.792. The molecule has 1 amide bonds. The minimum atomic E-state index is -3.45. The lowest BCUT2D eigenvalue weighted by atomic mass is 9.67. The number of nitrogens with zero attached hydrogens (tertiary/aromatic N) is 2. The normalized spacial score (nSPS) is 24.6. The van der Waals surface area contributed by atoms with E-state index in [9.17, 15) is 18.0 Å². The van der Waals surface area contributed by atoms with E-state index in [0.29, 0.717) is 35.7 Å². The number of hydrogen-bond donors (Lipinski definition) is 0. The number of sulfonamides is 1. The van der Waals surface area contributed by atoms with Crippen LogP contribution in [0.4, 0.5) is 0 Å². The van der Waals surface area contributed by atoms with Gasteiger partial charge in [0.2, 0.25) is 15.9 Å². The highest BCUT2D eigenvalue weighted by atomic mass is 35.5. The number of carbonyl (C=O) groups excluding carboxylic acids is 2. The van der Waals surface area contributed by atoms with Crippen LogP contribution in [0.3, 0.4) is 0 Å². The second-order valence-corrected chi connectivity index (χ2v) is 14.2. The number of likely N-dealkylation sites (tertiary alicyclic amines) is 1. The molecule has 4 atom stereocenters. The third-order valence-electron chi connectivity index (χ3n) is 8.07. The van der Waals surface area contributed by atoms with Crippen molar-refractivity contribution in [1.29, 1.82) is 0 Å². The molecule has 2 fully saturated rings. The van der Waals surface area contributed by atoms with Crippen molar-refractivity contribution in [3.63, 3.8) is 0 Å². The molecular weight excluding hydrogens is 559 g/mol. The Morgan fingerprint density at radius 3 is 2.36 bits per heavy atom. The molecule has 0 bridgehead atoms. The van der Waals surface area contributed by atoms with Gasteiger partial charge in [-0.3, -0.25) is 9.59 Å². The quantitative estimate of drug-likeness (QED) is 0.323. The standard InChI is InChI=1S/C29H36Cl2N2O5S/c1-5-23(18-32(3)39(36,37)24-13-14-24)33-27(19-9-11-21(30)12-10-19)25(20-7-6-8-22(31)15-20)16-29(2,28(33)35)17-26(34)38-4/h6-12,15,23-25,27H,5,13-14,16-18H2,1-4H3. The van der Waals surface area contributed by atoms with Crippen molar-refractivity contribution < 1.29 is 22.7 Å². The minimum Gasteiger partial charge on any atom is -0.469 e. The van der Waals surface area contributed by atoms with Crippen LogP contribution in [0.25, 0.3) is 0 Å². The number of benzene rings is 2. The fourth-order valence-corrected chi connectivity index (χ4v) is 7.72. The number of piperidine rings is 1. The van der Waals surface area contributed by atoms with E-state index in [-0.39, 0.29) is 30.0 Å². The molecule has 4 unspecified atom stereocenters. The molecule has 39 heavy (non-hydrogen) atoms. The lowest BCUT2D eigenvalue weighted by Gasteiger charge is -2.52. The number of hydrogen-bond acceptors (Lipinski definition) is 5. The minimum absolute atomic E-state index is 0.0874. The smallest absolute Gasteiger partial charge is 0.306 e. The first-order valence-corrected chi connectivity index (χ1v) is 15.5. The van der Waals surface area contributed by atoms with Crippen LogP contribution in [0.15, 0.2) is 48.5 Å². The molecule has 0 aromatic heterocycles. The summed E-state index contributed by atoms with van der Waals surface area (Å²) in [6.45, 7) is 3.91. The Bertz CT molecular complexity index is 1320. The van der Waals surface area contributed by atoms with E-state index < -0.39 is 33.5 Å². The number of esters is 1. The molecule has 1 aliphatic carbocycles. The maximum atomic E-state index is 14.5. The highest BCUT2D eigenvalue weighted by molar-refractivity contribution is 7.90. The number of rotatable bonds is 10. The van der Waals surface area contributed by atoms with Crippen LogP contribution in [-0.4, -0.2) is 61.5 Å². The fourth-order valence-electron chi connectivity index (χ4n) is 5.77. The SMILES string of the molecule is CCC(CN(C)S(=O)(=O)C1CC1)N1C(=O)C(C)(CC(=O)OC)CC(c2cccc(Cl)c2)C1c1ccc(Cl)cc1. The number of halogens is 2. The molecule has 1 saturated heterocycles. The van der Waals surface area contributed by atoms with Crippen LogP contribution in [0.2, 0.25) is 10.0 Å². The number of likely N-dealkylation sites (N-methyl/N-ethyl adjacent to an activating group) is 1. The van der Waals surface area contributed by atoms with E-state index in [1.165, 1.54) is 11.4 Å². The molecule has 2 aromatic rings. The zero-order valence-corrected chi connectivity index (χ0v) is 25.1.